The fraction of sp³-hybridized carbons (Fsp3) is 0.588. The lowest BCUT2D eigenvalue weighted by atomic mass is 9.98. The first-order valence-corrected chi connectivity index (χ1v) is 8.53. The predicted octanol–water partition coefficient (Wildman–Crippen LogP) is 3.48. The van der Waals surface area contributed by atoms with Gasteiger partial charge in [-0.1, -0.05) is 12.1 Å². The van der Waals surface area contributed by atoms with Crippen molar-refractivity contribution < 1.29 is 9.53 Å². The number of hydrogen-bond donors (Lipinski definition) is 0. The highest BCUT2D eigenvalue weighted by atomic mass is 32.2. The van der Waals surface area contributed by atoms with Gasteiger partial charge in [0.1, 0.15) is 0 Å². The molecule has 0 unspecified atom stereocenters. The van der Waals surface area contributed by atoms with Crippen LogP contribution in [0, 0.1) is 0 Å². The number of morpholine rings is 1. The molecule has 0 aromatic heterocycles. The normalized spacial score (nSPS) is 21.2. The highest BCUT2D eigenvalue weighted by molar-refractivity contribution is 7.98. The zero-order valence-corrected chi connectivity index (χ0v) is 14.4. The van der Waals surface area contributed by atoms with E-state index in [-0.39, 0.29) is 17.0 Å². The molecule has 1 aromatic rings. The van der Waals surface area contributed by atoms with Crippen molar-refractivity contribution in [3.05, 3.63) is 29.8 Å². The number of ether oxygens (including phenoxy) is 1. The maximum absolute atomic E-state index is 12.4. The van der Waals surface area contributed by atoms with Crippen LogP contribution in [-0.2, 0) is 4.74 Å². The fourth-order valence-electron chi connectivity index (χ4n) is 3.13. The molecule has 3 nitrogen and oxygen atoms in total. The Morgan fingerprint density at radius 1 is 1.14 bits per heavy atom. The molecule has 2 rings (SSSR count). The standard InChI is InChI=1S/C17H25NO2S/c1-16(2)11-18(12-17(3,4)20-16)10-15(19)13-6-8-14(21-5)9-7-13/h6-9H,10-12H2,1-5H3. The number of thioether (sulfide) groups is 1. The van der Waals surface area contributed by atoms with E-state index in [0.29, 0.717) is 6.54 Å². The zero-order valence-electron chi connectivity index (χ0n) is 13.6. The van der Waals surface area contributed by atoms with Gasteiger partial charge >= 0.3 is 0 Å². The molecule has 0 spiro atoms. The average Bonchev–Trinajstić information content (AvgIpc) is 2.35. The predicted molar refractivity (Wildman–Crippen MR) is 88.2 cm³/mol. The van der Waals surface area contributed by atoms with Crippen LogP contribution >= 0.6 is 11.8 Å². The molecule has 0 bridgehead atoms. The van der Waals surface area contributed by atoms with Crippen LogP contribution in [0.15, 0.2) is 29.2 Å². The van der Waals surface area contributed by atoms with E-state index in [1.807, 2.05) is 30.5 Å². The van der Waals surface area contributed by atoms with Crippen LogP contribution in [0.25, 0.3) is 0 Å². The Labute approximate surface area is 132 Å². The van der Waals surface area contributed by atoms with Crippen molar-refractivity contribution in [3.63, 3.8) is 0 Å². The summed E-state index contributed by atoms with van der Waals surface area (Å²) in [7, 11) is 0. The summed E-state index contributed by atoms with van der Waals surface area (Å²) in [5, 5.41) is 0. The topological polar surface area (TPSA) is 29.5 Å². The molecule has 1 fully saturated rings. The maximum atomic E-state index is 12.4. The van der Waals surface area contributed by atoms with Gasteiger partial charge in [-0.15, -0.1) is 11.8 Å². The van der Waals surface area contributed by atoms with Crippen LogP contribution < -0.4 is 0 Å². The first-order valence-electron chi connectivity index (χ1n) is 7.31. The Bertz CT molecular complexity index is 492. The molecule has 1 saturated heterocycles. The van der Waals surface area contributed by atoms with E-state index in [1.165, 1.54) is 4.90 Å². The summed E-state index contributed by atoms with van der Waals surface area (Å²) in [6.07, 6.45) is 2.04. The highest BCUT2D eigenvalue weighted by Gasteiger charge is 2.38. The van der Waals surface area contributed by atoms with Crippen LogP contribution in [0.5, 0.6) is 0 Å². The van der Waals surface area contributed by atoms with Crippen molar-refractivity contribution in [1.29, 1.82) is 0 Å². The number of benzene rings is 1. The van der Waals surface area contributed by atoms with Gasteiger partial charge in [-0.3, -0.25) is 9.69 Å². The smallest absolute Gasteiger partial charge is 0.176 e. The van der Waals surface area contributed by atoms with Crippen LogP contribution in [0.1, 0.15) is 38.1 Å². The Hall–Kier alpha value is -0.840. The van der Waals surface area contributed by atoms with Crippen molar-refractivity contribution in [2.45, 2.75) is 43.8 Å². The van der Waals surface area contributed by atoms with Gasteiger partial charge in [0.25, 0.3) is 0 Å². The molecule has 1 aromatic carbocycles. The molecule has 4 heteroatoms. The molecule has 0 radical (unpaired) electrons. The second-order valence-corrected chi connectivity index (χ2v) is 7.80. The first kappa shape index (κ1) is 16.5. The van der Waals surface area contributed by atoms with Gasteiger partial charge in [-0.2, -0.15) is 0 Å². The SMILES string of the molecule is CSc1ccc(C(=O)CN2CC(C)(C)OC(C)(C)C2)cc1. The number of nitrogens with zero attached hydrogens (tertiary/aromatic N) is 1. The van der Waals surface area contributed by atoms with Gasteiger partial charge in [0.05, 0.1) is 17.7 Å². The molecule has 0 atom stereocenters. The summed E-state index contributed by atoms with van der Waals surface area (Å²) in [5.74, 6) is 0.177. The maximum Gasteiger partial charge on any atom is 0.176 e. The number of ketones is 1. The molecule has 0 aliphatic carbocycles. The zero-order chi connectivity index (χ0) is 15.7. The van der Waals surface area contributed by atoms with Crippen LogP contribution in [0.3, 0.4) is 0 Å². The summed E-state index contributed by atoms with van der Waals surface area (Å²) < 4.78 is 6.05. The summed E-state index contributed by atoms with van der Waals surface area (Å²) >= 11 is 1.69. The molecular formula is C17H25NO2S. The quantitative estimate of drug-likeness (QED) is 0.629. The van der Waals surface area contributed by atoms with Crippen LogP contribution in [-0.4, -0.2) is 47.8 Å². The van der Waals surface area contributed by atoms with Gasteiger partial charge in [-0.25, -0.2) is 0 Å². The van der Waals surface area contributed by atoms with Gasteiger partial charge in [0.15, 0.2) is 5.78 Å². The van der Waals surface area contributed by atoms with Crippen molar-refractivity contribution in [3.8, 4) is 0 Å². The van der Waals surface area contributed by atoms with Gasteiger partial charge < -0.3 is 4.74 Å². The third-order valence-electron chi connectivity index (χ3n) is 3.54. The summed E-state index contributed by atoms with van der Waals surface area (Å²) in [4.78, 5) is 15.8. The van der Waals surface area contributed by atoms with Crippen molar-refractivity contribution in [2.75, 3.05) is 25.9 Å². The summed E-state index contributed by atoms with van der Waals surface area (Å²) in [6, 6.07) is 7.85. The number of rotatable bonds is 4. The van der Waals surface area contributed by atoms with E-state index in [1.54, 1.807) is 11.8 Å². The van der Waals surface area contributed by atoms with Crippen molar-refractivity contribution in [1.82, 2.24) is 4.90 Å². The van der Waals surface area contributed by atoms with E-state index in [4.69, 9.17) is 4.74 Å². The van der Waals surface area contributed by atoms with Gasteiger partial charge in [0, 0.05) is 23.5 Å². The monoisotopic (exact) mass is 307 g/mol. The van der Waals surface area contributed by atoms with Crippen LogP contribution in [0.4, 0.5) is 0 Å². The van der Waals surface area contributed by atoms with Gasteiger partial charge in [-0.05, 0) is 46.1 Å². The van der Waals surface area contributed by atoms with E-state index in [9.17, 15) is 4.79 Å². The number of Topliss-reactive ketones (excluding diaryl/α,β-unsaturated/α-hetero) is 1. The third-order valence-corrected chi connectivity index (χ3v) is 4.28. The van der Waals surface area contributed by atoms with Crippen molar-refractivity contribution >= 4 is 17.5 Å². The molecule has 21 heavy (non-hydrogen) atoms. The Morgan fingerprint density at radius 2 is 1.67 bits per heavy atom. The molecule has 0 N–H and O–H groups in total. The summed E-state index contributed by atoms with van der Waals surface area (Å²) in [5.41, 5.74) is 0.352. The molecule has 1 aliphatic heterocycles. The molecule has 116 valence electrons. The Kier molecular flexibility index (Phi) is 4.81. The van der Waals surface area contributed by atoms with Crippen molar-refractivity contribution in [2.24, 2.45) is 0 Å². The second-order valence-electron chi connectivity index (χ2n) is 6.92. The lowest BCUT2D eigenvalue weighted by Crippen LogP contribution is -2.58. The third kappa shape index (κ3) is 4.56. The minimum atomic E-state index is -0.218. The summed E-state index contributed by atoms with van der Waals surface area (Å²) in [6.45, 7) is 10.3. The van der Waals surface area contributed by atoms with Gasteiger partial charge in [0.2, 0.25) is 0 Å². The number of carbonyl (C=O) groups is 1. The largest absolute Gasteiger partial charge is 0.367 e. The van der Waals surface area contributed by atoms with E-state index < -0.39 is 0 Å². The number of hydrogen-bond acceptors (Lipinski definition) is 4. The second kappa shape index (κ2) is 6.11. The first-order chi connectivity index (χ1) is 9.71. The molecule has 1 heterocycles. The minimum absolute atomic E-state index is 0.177. The average molecular weight is 307 g/mol. The highest BCUT2D eigenvalue weighted by Crippen LogP contribution is 2.28. The van der Waals surface area contributed by atoms with E-state index in [2.05, 4.69) is 32.6 Å². The lowest BCUT2D eigenvalue weighted by Gasteiger charge is -2.47. The Morgan fingerprint density at radius 3 is 2.14 bits per heavy atom. The van der Waals surface area contributed by atoms with E-state index in [0.717, 1.165) is 18.7 Å². The fourth-order valence-corrected chi connectivity index (χ4v) is 3.54. The Balaban J connectivity index is 2.04. The number of carbonyl (C=O) groups excluding carboxylic acids is 1. The minimum Gasteiger partial charge on any atom is -0.367 e. The van der Waals surface area contributed by atoms with E-state index >= 15 is 0 Å². The molecule has 0 amide bonds. The molecule has 1 aliphatic rings. The lowest BCUT2D eigenvalue weighted by molar-refractivity contribution is -0.178. The van der Waals surface area contributed by atoms with Crippen LogP contribution in [0.2, 0.25) is 0 Å². The molecular weight excluding hydrogens is 282 g/mol. The molecule has 0 saturated carbocycles.